The lowest BCUT2D eigenvalue weighted by atomic mass is 10.1. The summed E-state index contributed by atoms with van der Waals surface area (Å²) in [5, 5.41) is 3.53. The molecule has 0 aliphatic rings. The third kappa shape index (κ3) is 5.20. The van der Waals surface area contributed by atoms with Crippen LogP contribution in [0.2, 0.25) is 0 Å². The van der Waals surface area contributed by atoms with Crippen LogP contribution in [0.5, 0.6) is 5.75 Å². The maximum Gasteiger partial charge on any atom is 0.142 e. The van der Waals surface area contributed by atoms with Crippen molar-refractivity contribution < 1.29 is 4.74 Å². The molecule has 0 atom stereocenters. The van der Waals surface area contributed by atoms with Crippen molar-refractivity contribution in [1.82, 2.24) is 0 Å². The molecule has 124 valence electrons. The molecule has 0 fully saturated rings. The third-order valence-corrected chi connectivity index (χ3v) is 3.89. The number of para-hydroxylation sites is 1. The largest absolute Gasteiger partial charge is 0.491 e. The maximum atomic E-state index is 6.05. The summed E-state index contributed by atoms with van der Waals surface area (Å²) >= 11 is 0. The topological polar surface area (TPSA) is 47.3 Å². The van der Waals surface area contributed by atoms with Crippen LogP contribution < -0.4 is 15.8 Å². The van der Waals surface area contributed by atoms with E-state index < -0.39 is 0 Å². The number of hydrogen-bond acceptors (Lipinski definition) is 3. The number of anilines is 2. The fourth-order valence-corrected chi connectivity index (χ4v) is 2.61. The maximum absolute atomic E-state index is 6.05. The van der Waals surface area contributed by atoms with E-state index in [1.54, 1.807) is 0 Å². The van der Waals surface area contributed by atoms with Crippen LogP contribution >= 0.6 is 0 Å². The van der Waals surface area contributed by atoms with Gasteiger partial charge in [0.2, 0.25) is 0 Å². The fraction of sp³-hybridized carbons (Fsp3) is 0.400. The second kappa shape index (κ2) is 9.09. The van der Waals surface area contributed by atoms with E-state index in [0.29, 0.717) is 6.61 Å². The Morgan fingerprint density at radius 2 is 1.91 bits per heavy atom. The molecular formula is C20H28N2O. The molecule has 2 aromatic rings. The monoisotopic (exact) mass is 312 g/mol. The highest BCUT2D eigenvalue weighted by Crippen LogP contribution is 2.23. The third-order valence-electron chi connectivity index (χ3n) is 3.89. The van der Waals surface area contributed by atoms with Crippen molar-refractivity contribution in [2.45, 2.75) is 39.5 Å². The minimum atomic E-state index is 0.713. The molecule has 0 radical (unpaired) electrons. The normalized spacial score (nSPS) is 10.5. The summed E-state index contributed by atoms with van der Waals surface area (Å²) < 4.78 is 5.61. The van der Waals surface area contributed by atoms with Gasteiger partial charge in [-0.3, -0.25) is 0 Å². The summed E-state index contributed by atoms with van der Waals surface area (Å²) in [4.78, 5) is 0. The molecule has 0 saturated carbocycles. The summed E-state index contributed by atoms with van der Waals surface area (Å²) in [6, 6.07) is 14.6. The molecule has 0 aliphatic heterocycles. The molecule has 0 saturated heterocycles. The van der Waals surface area contributed by atoms with Gasteiger partial charge in [0, 0.05) is 12.2 Å². The molecule has 0 amide bonds. The lowest BCUT2D eigenvalue weighted by Crippen LogP contribution is -2.05. The zero-order valence-electron chi connectivity index (χ0n) is 14.3. The van der Waals surface area contributed by atoms with Crippen LogP contribution in [-0.2, 0) is 12.8 Å². The van der Waals surface area contributed by atoms with Crippen molar-refractivity contribution >= 4 is 11.4 Å². The fourth-order valence-electron chi connectivity index (χ4n) is 2.61. The van der Waals surface area contributed by atoms with Gasteiger partial charge in [0.1, 0.15) is 5.75 Å². The van der Waals surface area contributed by atoms with Crippen LogP contribution in [-0.4, -0.2) is 13.2 Å². The van der Waals surface area contributed by atoms with Gasteiger partial charge in [0.25, 0.3) is 0 Å². The van der Waals surface area contributed by atoms with Crippen LogP contribution in [0.25, 0.3) is 0 Å². The average molecular weight is 312 g/mol. The summed E-state index contributed by atoms with van der Waals surface area (Å²) in [5.74, 6) is 0.797. The summed E-state index contributed by atoms with van der Waals surface area (Å²) in [6.07, 6.45) is 4.14. The molecule has 0 unspecified atom stereocenters. The van der Waals surface area contributed by atoms with Gasteiger partial charge in [-0.2, -0.15) is 0 Å². The molecule has 2 rings (SSSR count). The lowest BCUT2D eigenvalue weighted by Gasteiger charge is -2.12. The molecule has 0 bridgehead atoms. The summed E-state index contributed by atoms with van der Waals surface area (Å²) in [7, 11) is 0. The highest BCUT2D eigenvalue weighted by Gasteiger charge is 2.03. The summed E-state index contributed by atoms with van der Waals surface area (Å²) in [6.45, 7) is 5.95. The van der Waals surface area contributed by atoms with Gasteiger partial charge in [-0.05, 0) is 55.0 Å². The van der Waals surface area contributed by atoms with E-state index in [-0.39, 0.29) is 0 Å². The van der Waals surface area contributed by atoms with E-state index >= 15 is 0 Å². The number of nitrogens with one attached hydrogen (secondary N) is 1. The molecule has 3 heteroatoms. The van der Waals surface area contributed by atoms with Gasteiger partial charge in [-0.15, -0.1) is 0 Å². The van der Waals surface area contributed by atoms with Crippen molar-refractivity contribution in [3.8, 4) is 5.75 Å². The number of aryl methyl sites for hydroxylation is 2. The quantitative estimate of drug-likeness (QED) is 0.523. The predicted molar refractivity (Wildman–Crippen MR) is 99.3 cm³/mol. The standard InChI is InChI=1S/C20H28N2O/c1-3-14-23-20-12-11-16(15-18(20)21)8-7-13-22-19-10-6-5-9-17(19)4-2/h5-6,9-12,15,22H,3-4,7-8,13-14,21H2,1-2H3. The number of ether oxygens (including phenoxy) is 1. The Hall–Kier alpha value is -2.16. The minimum absolute atomic E-state index is 0.713. The molecule has 3 nitrogen and oxygen atoms in total. The van der Waals surface area contributed by atoms with E-state index in [1.165, 1.54) is 16.8 Å². The zero-order chi connectivity index (χ0) is 16.5. The van der Waals surface area contributed by atoms with Gasteiger partial charge in [0.15, 0.2) is 0 Å². The lowest BCUT2D eigenvalue weighted by molar-refractivity contribution is 0.319. The van der Waals surface area contributed by atoms with Crippen molar-refractivity contribution in [3.05, 3.63) is 53.6 Å². The Bertz CT molecular complexity index is 610. The van der Waals surface area contributed by atoms with Gasteiger partial charge >= 0.3 is 0 Å². The van der Waals surface area contributed by atoms with E-state index in [2.05, 4.69) is 49.5 Å². The average Bonchev–Trinajstić information content (AvgIpc) is 2.58. The number of benzene rings is 2. The van der Waals surface area contributed by atoms with Crippen LogP contribution in [0.15, 0.2) is 42.5 Å². The van der Waals surface area contributed by atoms with Crippen molar-refractivity contribution in [2.24, 2.45) is 0 Å². The van der Waals surface area contributed by atoms with E-state index in [0.717, 1.165) is 43.7 Å². The number of nitrogen functional groups attached to an aromatic ring is 1. The molecular weight excluding hydrogens is 284 g/mol. The molecule has 0 spiro atoms. The van der Waals surface area contributed by atoms with E-state index in [9.17, 15) is 0 Å². The van der Waals surface area contributed by atoms with Crippen molar-refractivity contribution in [1.29, 1.82) is 0 Å². The first-order valence-electron chi connectivity index (χ1n) is 8.57. The first kappa shape index (κ1) is 17.2. The Kier molecular flexibility index (Phi) is 6.79. The second-order valence-electron chi connectivity index (χ2n) is 5.76. The van der Waals surface area contributed by atoms with Crippen molar-refractivity contribution in [3.63, 3.8) is 0 Å². The first-order chi connectivity index (χ1) is 11.2. The molecule has 0 aliphatic carbocycles. The molecule has 2 aromatic carbocycles. The second-order valence-corrected chi connectivity index (χ2v) is 5.76. The highest BCUT2D eigenvalue weighted by molar-refractivity contribution is 5.54. The number of hydrogen-bond donors (Lipinski definition) is 2. The van der Waals surface area contributed by atoms with E-state index in [1.807, 2.05) is 12.1 Å². The van der Waals surface area contributed by atoms with Crippen LogP contribution in [0.3, 0.4) is 0 Å². The van der Waals surface area contributed by atoms with Crippen LogP contribution in [0.4, 0.5) is 11.4 Å². The van der Waals surface area contributed by atoms with Gasteiger partial charge < -0.3 is 15.8 Å². The van der Waals surface area contributed by atoms with E-state index in [4.69, 9.17) is 10.5 Å². The Labute approximate surface area is 139 Å². The Morgan fingerprint density at radius 1 is 1.09 bits per heavy atom. The number of rotatable bonds is 9. The van der Waals surface area contributed by atoms with Crippen molar-refractivity contribution in [2.75, 3.05) is 24.2 Å². The van der Waals surface area contributed by atoms with Crippen LogP contribution in [0, 0.1) is 0 Å². The molecule has 3 N–H and O–H groups in total. The van der Waals surface area contributed by atoms with Gasteiger partial charge in [-0.1, -0.05) is 38.1 Å². The molecule has 0 aromatic heterocycles. The Morgan fingerprint density at radius 3 is 2.65 bits per heavy atom. The predicted octanol–water partition coefficient (Wildman–Crippen LogP) is 4.66. The molecule has 23 heavy (non-hydrogen) atoms. The number of nitrogens with two attached hydrogens (primary N) is 1. The summed E-state index contributed by atoms with van der Waals surface area (Å²) in [5.41, 5.74) is 10.7. The van der Waals surface area contributed by atoms with Gasteiger partial charge in [-0.25, -0.2) is 0 Å². The Balaban J connectivity index is 1.81. The zero-order valence-corrected chi connectivity index (χ0v) is 14.3. The minimum Gasteiger partial charge on any atom is -0.491 e. The first-order valence-corrected chi connectivity index (χ1v) is 8.57. The SMILES string of the molecule is CCCOc1ccc(CCCNc2ccccc2CC)cc1N. The highest BCUT2D eigenvalue weighted by atomic mass is 16.5. The van der Waals surface area contributed by atoms with Crippen LogP contribution in [0.1, 0.15) is 37.8 Å². The van der Waals surface area contributed by atoms with Gasteiger partial charge in [0.05, 0.1) is 12.3 Å². The molecule has 0 heterocycles. The smallest absolute Gasteiger partial charge is 0.142 e.